The summed E-state index contributed by atoms with van der Waals surface area (Å²) in [5.41, 5.74) is 18.8. The second kappa shape index (κ2) is 16.9. The van der Waals surface area contributed by atoms with Gasteiger partial charge in [0.25, 0.3) is 0 Å². The zero-order chi connectivity index (χ0) is 31.2. The van der Waals surface area contributed by atoms with Gasteiger partial charge < -0.3 is 26.4 Å². The lowest BCUT2D eigenvalue weighted by molar-refractivity contribution is -0.115. The van der Waals surface area contributed by atoms with Gasteiger partial charge in [0.1, 0.15) is 12.4 Å². The maximum Gasteiger partial charge on any atom is 0.209 e. The molecule has 0 spiro atoms. The van der Waals surface area contributed by atoms with Crippen molar-refractivity contribution in [1.82, 2.24) is 9.88 Å². The Morgan fingerprint density at radius 1 is 1.26 bits per heavy atom. The van der Waals surface area contributed by atoms with E-state index in [4.69, 9.17) is 21.2 Å². The maximum absolute atomic E-state index is 14.2. The minimum atomic E-state index is -0.359. The maximum atomic E-state index is 14.2. The summed E-state index contributed by atoms with van der Waals surface area (Å²) < 4.78 is 20.4. The fourth-order valence-electron chi connectivity index (χ4n) is 4.37. The summed E-state index contributed by atoms with van der Waals surface area (Å²) in [6, 6.07) is 6.44. The van der Waals surface area contributed by atoms with E-state index in [0.29, 0.717) is 46.4 Å². The van der Waals surface area contributed by atoms with Crippen LogP contribution in [0.4, 0.5) is 10.2 Å². The van der Waals surface area contributed by atoms with E-state index in [1.54, 1.807) is 46.7 Å². The number of benzene rings is 1. The van der Waals surface area contributed by atoms with Gasteiger partial charge in [-0.2, -0.15) is 0 Å². The van der Waals surface area contributed by atoms with Crippen LogP contribution in [0.25, 0.3) is 5.70 Å². The second-order valence-corrected chi connectivity index (χ2v) is 10.1. The van der Waals surface area contributed by atoms with E-state index in [9.17, 15) is 9.18 Å². The average molecular weight is 580 g/mol. The molecule has 1 saturated carbocycles. The van der Waals surface area contributed by atoms with E-state index in [1.165, 1.54) is 36.3 Å². The third-order valence-corrected chi connectivity index (χ3v) is 6.81. The SMILES string of the molecule is CC.CN(C)C=O.CN=C/C1=C(\N)c2ccc(F)cc2COc2cc(cnc2NC)C(=NCC2CCC2)/C(=C(/C)N)C1. The van der Waals surface area contributed by atoms with Gasteiger partial charge >= 0.3 is 0 Å². The van der Waals surface area contributed by atoms with Gasteiger partial charge in [0.15, 0.2) is 11.6 Å². The molecule has 0 saturated heterocycles. The molecule has 1 aliphatic carbocycles. The lowest BCUT2D eigenvalue weighted by Crippen LogP contribution is -2.19. The van der Waals surface area contributed by atoms with Crippen LogP contribution in [0.1, 0.15) is 63.1 Å². The van der Waals surface area contributed by atoms with Crippen LogP contribution in [0, 0.1) is 11.7 Å². The molecule has 2 heterocycles. The quantitative estimate of drug-likeness (QED) is 0.331. The second-order valence-electron chi connectivity index (χ2n) is 10.1. The monoisotopic (exact) mass is 579 g/mol. The summed E-state index contributed by atoms with van der Waals surface area (Å²) in [5.74, 6) is 1.36. The molecule has 1 amide bonds. The number of rotatable bonds is 5. The molecular formula is C32H46FN7O2. The summed E-state index contributed by atoms with van der Waals surface area (Å²) in [4.78, 5) is 24.7. The molecule has 5 N–H and O–H groups in total. The van der Waals surface area contributed by atoms with Crippen LogP contribution in [-0.4, -0.2) is 63.0 Å². The van der Waals surface area contributed by atoms with E-state index < -0.39 is 0 Å². The number of nitrogens with two attached hydrogens (primary N) is 2. The van der Waals surface area contributed by atoms with Crippen molar-refractivity contribution in [3.63, 3.8) is 0 Å². The Morgan fingerprint density at radius 2 is 1.95 bits per heavy atom. The molecule has 1 aromatic heterocycles. The summed E-state index contributed by atoms with van der Waals surface area (Å²) >= 11 is 0. The van der Waals surface area contributed by atoms with Crippen molar-refractivity contribution in [2.24, 2.45) is 27.4 Å². The number of nitrogens with zero attached hydrogens (tertiary/aromatic N) is 4. The van der Waals surface area contributed by atoms with Crippen LogP contribution in [0.2, 0.25) is 0 Å². The number of hydrogen-bond donors (Lipinski definition) is 3. The van der Waals surface area contributed by atoms with Crippen molar-refractivity contribution in [2.75, 3.05) is 40.1 Å². The molecule has 0 atom stereocenters. The Balaban J connectivity index is 0.000000797. The van der Waals surface area contributed by atoms with Gasteiger partial charge in [0.2, 0.25) is 6.41 Å². The highest BCUT2D eigenvalue weighted by Gasteiger charge is 2.23. The molecule has 9 nitrogen and oxygen atoms in total. The van der Waals surface area contributed by atoms with E-state index in [-0.39, 0.29) is 12.4 Å². The number of aliphatic imine (C=N–C) groups is 2. The van der Waals surface area contributed by atoms with Crippen molar-refractivity contribution in [1.29, 1.82) is 0 Å². The van der Waals surface area contributed by atoms with Gasteiger partial charge in [0, 0.05) is 87.2 Å². The van der Waals surface area contributed by atoms with Crippen molar-refractivity contribution in [2.45, 2.75) is 53.1 Å². The standard InChI is InChI=1S/C27H33FN6O.C3H7NO.C2H6/c1-16(29)23-10-18(13-31-2)25(30)22-8-7-21(28)9-20(22)15-35-24-11-19(14-34-27(24)32-3)26(23)33-12-17-5-4-6-17;1-4(2)3-5;1-2/h7-9,11,13-14,17H,4-6,10,12,15,29-30H2,1-3H3,(H,32,34);3H,1-2H3;1-2H3/b23-16-,25-18-,31-13?,33-26?;;. The van der Waals surface area contributed by atoms with Crippen LogP contribution < -0.4 is 21.5 Å². The molecule has 2 aliphatic rings. The number of allylic oxidation sites excluding steroid dienone is 3. The molecule has 1 fully saturated rings. The van der Waals surface area contributed by atoms with Gasteiger partial charge in [-0.3, -0.25) is 14.8 Å². The first kappa shape index (κ1) is 34.0. The zero-order valence-corrected chi connectivity index (χ0v) is 26.0. The summed E-state index contributed by atoms with van der Waals surface area (Å²) in [6.07, 6.45) is 8.32. The minimum Gasteiger partial charge on any atom is -0.485 e. The highest BCUT2D eigenvalue weighted by Crippen LogP contribution is 2.32. The molecule has 4 rings (SSSR count). The number of anilines is 1. The molecule has 1 aliphatic heterocycles. The largest absolute Gasteiger partial charge is 0.485 e. The lowest BCUT2D eigenvalue weighted by atomic mass is 9.85. The minimum absolute atomic E-state index is 0.122. The molecule has 1 aromatic carbocycles. The molecule has 0 radical (unpaired) electrons. The number of carbonyl (C=O) groups excluding carboxylic acids is 1. The Morgan fingerprint density at radius 3 is 2.50 bits per heavy atom. The van der Waals surface area contributed by atoms with Crippen molar-refractivity contribution in [3.8, 4) is 5.75 Å². The molecule has 2 bridgehead atoms. The highest BCUT2D eigenvalue weighted by atomic mass is 19.1. The fraction of sp³-hybridized carbons (Fsp3) is 0.438. The normalized spacial score (nSPS) is 18.9. The average Bonchev–Trinajstić information content (AvgIpc) is 2.96. The van der Waals surface area contributed by atoms with Crippen molar-refractivity contribution in [3.05, 3.63) is 69.8 Å². The predicted molar refractivity (Wildman–Crippen MR) is 171 cm³/mol. The molecule has 2 aromatic rings. The van der Waals surface area contributed by atoms with E-state index >= 15 is 0 Å². The molecule has 42 heavy (non-hydrogen) atoms. The fourth-order valence-corrected chi connectivity index (χ4v) is 4.37. The van der Waals surface area contributed by atoms with Crippen LogP contribution in [-0.2, 0) is 11.4 Å². The first-order chi connectivity index (χ1) is 20.2. The third kappa shape index (κ3) is 9.15. The van der Waals surface area contributed by atoms with Crippen LogP contribution in [0.5, 0.6) is 5.75 Å². The van der Waals surface area contributed by atoms with Gasteiger partial charge in [0.05, 0.1) is 5.71 Å². The van der Waals surface area contributed by atoms with Crippen LogP contribution in [0.15, 0.2) is 57.3 Å². The number of pyridine rings is 1. The number of carbonyl (C=O) groups is 1. The number of aromatic nitrogens is 1. The zero-order valence-electron chi connectivity index (χ0n) is 26.0. The lowest BCUT2D eigenvalue weighted by Gasteiger charge is -2.25. The van der Waals surface area contributed by atoms with Gasteiger partial charge in [-0.1, -0.05) is 20.3 Å². The Hall–Kier alpha value is -4.21. The number of halogens is 1. The van der Waals surface area contributed by atoms with Crippen LogP contribution >= 0.6 is 0 Å². The molecule has 10 heteroatoms. The van der Waals surface area contributed by atoms with Crippen molar-refractivity contribution < 1.29 is 13.9 Å². The number of ether oxygens (including phenoxy) is 1. The van der Waals surface area contributed by atoms with Crippen molar-refractivity contribution >= 4 is 29.9 Å². The summed E-state index contributed by atoms with van der Waals surface area (Å²) in [7, 11) is 6.85. The molecule has 0 unspecified atom stereocenters. The topological polar surface area (TPSA) is 131 Å². The number of nitrogens with one attached hydrogen (secondary N) is 1. The summed E-state index contributed by atoms with van der Waals surface area (Å²) in [5, 5.41) is 3.07. The van der Waals surface area contributed by atoms with Gasteiger partial charge in [-0.15, -0.1) is 0 Å². The van der Waals surface area contributed by atoms with Gasteiger partial charge in [-0.25, -0.2) is 9.37 Å². The van der Waals surface area contributed by atoms with Crippen LogP contribution in [0.3, 0.4) is 0 Å². The first-order valence-electron chi connectivity index (χ1n) is 14.3. The Kier molecular flexibility index (Phi) is 13.7. The first-order valence-corrected chi connectivity index (χ1v) is 14.3. The predicted octanol–water partition coefficient (Wildman–Crippen LogP) is 5.17. The number of hydrogen-bond acceptors (Lipinski definition) is 8. The smallest absolute Gasteiger partial charge is 0.209 e. The molecule has 228 valence electrons. The third-order valence-electron chi connectivity index (χ3n) is 6.81. The summed E-state index contributed by atoms with van der Waals surface area (Å²) in [6.45, 7) is 6.72. The Labute approximate surface area is 249 Å². The highest BCUT2D eigenvalue weighted by molar-refractivity contribution is 6.14. The Bertz CT molecular complexity index is 1320. The molecular weight excluding hydrogens is 533 g/mol. The van der Waals surface area contributed by atoms with Gasteiger partial charge in [-0.05, 0) is 55.5 Å². The van der Waals surface area contributed by atoms with E-state index in [0.717, 1.165) is 35.4 Å². The van der Waals surface area contributed by atoms with E-state index in [1.807, 2.05) is 26.8 Å². The number of amides is 1. The van der Waals surface area contributed by atoms with E-state index in [2.05, 4.69) is 15.3 Å². The number of fused-ring (bicyclic) bond motifs is 3.